The van der Waals surface area contributed by atoms with E-state index in [4.69, 9.17) is 14.1 Å². The van der Waals surface area contributed by atoms with Gasteiger partial charge in [0.25, 0.3) is 0 Å². The van der Waals surface area contributed by atoms with Gasteiger partial charge in [-0.05, 0) is 25.5 Å². The number of pyridine rings is 1. The zero-order valence-corrected chi connectivity index (χ0v) is 16.6. The summed E-state index contributed by atoms with van der Waals surface area (Å²) in [6, 6.07) is 12.6. The van der Waals surface area contributed by atoms with Crippen LogP contribution in [0.5, 0.6) is 6.01 Å². The molecular weight excluding hydrogens is 366 g/mol. The molecule has 7 nitrogen and oxygen atoms in total. The molecular formula is C22H23N5O2. The van der Waals surface area contributed by atoms with Crippen LogP contribution >= 0.6 is 0 Å². The van der Waals surface area contributed by atoms with Gasteiger partial charge < -0.3 is 19.4 Å². The number of ether oxygens (including phenoxy) is 1. The van der Waals surface area contributed by atoms with Crippen molar-refractivity contribution in [2.45, 2.75) is 13.8 Å². The Bertz CT molecular complexity index is 1170. The Morgan fingerprint density at radius 2 is 1.90 bits per heavy atom. The maximum absolute atomic E-state index is 6.26. The van der Waals surface area contributed by atoms with Gasteiger partial charge in [-0.3, -0.25) is 0 Å². The number of aryl methyl sites for hydroxylation is 1. The monoisotopic (exact) mass is 389 g/mol. The third-order valence-corrected chi connectivity index (χ3v) is 5.21. The van der Waals surface area contributed by atoms with E-state index in [2.05, 4.69) is 45.3 Å². The molecule has 0 spiro atoms. The van der Waals surface area contributed by atoms with Gasteiger partial charge in [0.05, 0.1) is 17.7 Å². The quantitative estimate of drug-likeness (QED) is 0.572. The fraction of sp³-hybridized carbons (Fsp3) is 0.318. The van der Waals surface area contributed by atoms with Gasteiger partial charge in [-0.2, -0.15) is 9.97 Å². The molecule has 7 heteroatoms. The Hall–Kier alpha value is -3.19. The fourth-order valence-electron chi connectivity index (χ4n) is 3.83. The average molecular weight is 389 g/mol. The highest BCUT2D eigenvalue weighted by Gasteiger charge is 2.24. The highest BCUT2D eigenvalue weighted by Crippen LogP contribution is 2.36. The van der Waals surface area contributed by atoms with Gasteiger partial charge in [-0.25, -0.2) is 4.98 Å². The highest BCUT2D eigenvalue weighted by molar-refractivity contribution is 6.07. The Balaban J connectivity index is 1.74. The molecule has 1 aromatic carbocycles. The average Bonchev–Trinajstić information content (AvgIpc) is 3.13. The van der Waals surface area contributed by atoms with E-state index in [0.717, 1.165) is 59.7 Å². The van der Waals surface area contributed by atoms with Crippen LogP contribution in [0.25, 0.3) is 33.5 Å². The topological polar surface area (TPSA) is 76.3 Å². The second-order valence-electron chi connectivity index (χ2n) is 7.15. The maximum Gasteiger partial charge on any atom is 0.319 e. The summed E-state index contributed by atoms with van der Waals surface area (Å²) >= 11 is 0. The smallest absolute Gasteiger partial charge is 0.319 e. The van der Waals surface area contributed by atoms with Crippen LogP contribution in [0.15, 0.2) is 40.8 Å². The molecule has 4 heterocycles. The molecule has 3 aromatic heterocycles. The molecule has 5 rings (SSSR count). The van der Waals surface area contributed by atoms with Crippen molar-refractivity contribution in [2.75, 3.05) is 37.7 Å². The molecule has 148 valence electrons. The highest BCUT2D eigenvalue weighted by atomic mass is 16.5. The van der Waals surface area contributed by atoms with Crippen LogP contribution in [0.4, 0.5) is 5.82 Å². The second-order valence-corrected chi connectivity index (χ2v) is 7.15. The van der Waals surface area contributed by atoms with E-state index < -0.39 is 0 Å². The molecule has 0 saturated carbocycles. The van der Waals surface area contributed by atoms with Gasteiger partial charge in [0, 0.05) is 31.7 Å². The molecule has 1 saturated heterocycles. The van der Waals surface area contributed by atoms with Crippen LogP contribution in [0.3, 0.4) is 0 Å². The van der Waals surface area contributed by atoms with Crippen LogP contribution in [-0.4, -0.2) is 47.7 Å². The Labute approximate surface area is 168 Å². The molecule has 29 heavy (non-hydrogen) atoms. The molecule has 0 unspecified atom stereocenters. The minimum atomic E-state index is 0.378. The lowest BCUT2D eigenvalue weighted by atomic mass is 10.1. The number of rotatable bonds is 4. The number of fused-ring (bicyclic) bond motifs is 3. The molecule has 1 N–H and O–H groups in total. The fourth-order valence-corrected chi connectivity index (χ4v) is 3.83. The molecule has 1 fully saturated rings. The Morgan fingerprint density at radius 3 is 2.66 bits per heavy atom. The van der Waals surface area contributed by atoms with Gasteiger partial charge in [-0.1, -0.05) is 30.3 Å². The summed E-state index contributed by atoms with van der Waals surface area (Å²) in [5.41, 5.74) is 5.03. The molecule has 0 bridgehead atoms. The summed E-state index contributed by atoms with van der Waals surface area (Å²) in [4.78, 5) is 16.3. The van der Waals surface area contributed by atoms with E-state index in [-0.39, 0.29) is 0 Å². The van der Waals surface area contributed by atoms with E-state index in [1.165, 1.54) is 0 Å². The van der Waals surface area contributed by atoms with Crippen molar-refractivity contribution in [1.29, 1.82) is 0 Å². The normalized spacial score (nSPS) is 14.6. The van der Waals surface area contributed by atoms with Gasteiger partial charge >= 0.3 is 6.01 Å². The minimum absolute atomic E-state index is 0.378. The van der Waals surface area contributed by atoms with Crippen LogP contribution in [0, 0.1) is 6.92 Å². The number of piperazine rings is 1. The van der Waals surface area contributed by atoms with Crippen molar-refractivity contribution in [3.05, 3.63) is 42.0 Å². The predicted octanol–water partition coefficient (Wildman–Crippen LogP) is 3.55. The summed E-state index contributed by atoms with van der Waals surface area (Å²) < 4.78 is 11.9. The number of hydrogen-bond donors (Lipinski definition) is 1. The van der Waals surface area contributed by atoms with Crippen LogP contribution in [0.1, 0.15) is 12.5 Å². The molecule has 4 aromatic rings. The van der Waals surface area contributed by atoms with E-state index in [0.29, 0.717) is 23.9 Å². The van der Waals surface area contributed by atoms with Crippen LogP contribution < -0.4 is 15.0 Å². The van der Waals surface area contributed by atoms with Gasteiger partial charge in [0.1, 0.15) is 5.52 Å². The molecule has 1 aliphatic heterocycles. The van der Waals surface area contributed by atoms with E-state index in [1.54, 1.807) is 0 Å². The SMILES string of the molecule is CCOc1nc(N2CCNCC2)c2oc3nc(-c4ccccc4)cc(C)c3c2n1. The summed E-state index contributed by atoms with van der Waals surface area (Å²) in [6.07, 6.45) is 0. The predicted molar refractivity (Wildman–Crippen MR) is 114 cm³/mol. The third kappa shape index (κ3) is 3.17. The van der Waals surface area contributed by atoms with Crippen molar-refractivity contribution in [3.63, 3.8) is 0 Å². The zero-order chi connectivity index (χ0) is 19.8. The van der Waals surface area contributed by atoms with Crippen LogP contribution in [0.2, 0.25) is 0 Å². The lowest BCUT2D eigenvalue weighted by molar-refractivity contribution is 0.313. The van der Waals surface area contributed by atoms with Crippen LogP contribution in [-0.2, 0) is 0 Å². The summed E-state index contributed by atoms with van der Waals surface area (Å²) in [6.45, 7) is 8.05. The lowest BCUT2D eigenvalue weighted by Crippen LogP contribution is -2.44. The zero-order valence-electron chi connectivity index (χ0n) is 16.6. The Morgan fingerprint density at radius 1 is 1.10 bits per heavy atom. The summed E-state index contributed by atoms with van der Waals surface area (Å²) in [5.74, 6) is 0.776. The van der Waals surface area contributed by atoms with E-state index in [9.17, 15) is 0 Å². The van der Waals surface area contributed by atoms with Gasteiger partial charge in [0.15, 0.2) is 11.4 Å². The van der Waals surface area contributed by atoms with Crippen molar-refractivity contribution in [1.82, 2.24) is 20.3 Å². The standard InChI is InChI=1S/C22H23N5O2/c1-3-28-22-25-18-17-14(2)13-16(15-7-5-4-6-8-15)24-21(17)29-19(18)20(26-22)27-11-9-23-10-12-27/h4-8,13,23H,3,9-12H2,1-2H3. The molecule has 0 radical (unpaired) electrons. The maximum atomic E-state index is 6.26. The van der Waals surface area contributed by atoms with E-state index >= 15 is 0 Å². The first-order chi connectivity index (χ1) is 14.2. The van der Waals surface area contributed by atoms with Crippen molar-refractivity contribution in [3.8, 4) is 17.3 Å². The minimum Gasteiger partial charge on any atom is -0.464 e. The molecule has 0 atom stereocenters. The number of benzene rings is 1. The first-order valence-electron chi connectivity index (χ1n) is 10.0. The van der Waals surface area contributed by atoms with Gasteiger partial charge in [0.2, 0.25) is 5.71 Å². The Kier molecular flexibility index (Phi) is 4.52. The number of furan rings is 1. The lowest BCUT2D eigenvalue weighted by Gasteiger charge is -2.28. The molecule has 1 aliphatic rings. The first kappa shape index (κ1) is 17.9. The number of anilines is 1. The largest absolute Gasteiger partial charge is 0.464 e. The van der Waals surface area contributed by atoms with Gasteiger partial charge in [-0.15, -0.1) is 0 Å². The number of nitrogens with one attached hydrogen (secondary N) is 1. The first-order valence-corrected chi connectivity index (χ1v) is 10.0. The second kappa shape index (κ2) is 7.33. The van der Waals surface area contributed by atoms with Crippen molar-refractivity contribution < 1.29 is 9.15 Å². The molecule has 0 amide bonds. The summed E-state index contributed by atoms with van der Waals surface area (Å²) in [7, 11) is 0. The summed E-state index contributed by atoms with van der Waals surface area (Å²) in [5, 5.41) is 4.29. The van der Waals surface area contributed by atoms with E-state index in [1.807, 2.05) is 25.1 Å². The number of aromatic nitrogens is 3. The van der Waals surface area contributed by atoms with Crippen molar-refractivity contribution in [2.24, 2.45) is 0 Å². The number of hydrogen-bond acceptors (Lipinski definition) is 7. The number of nitrogens with zero attached hydrogens (tertiary/aromatic N) is 4. The molecule has 0 aliphatic carbocycles. The van der Waals surface area contributed by atoms with Crippen molar-refractivity contribution >= 4 is 28.0 Å². The third-order valence-electron chi connectivity index (χ3n) is 5.21.